The van der Waals surface area contributed by atoms with Gasteiger partial charge in [-0.1, -0.05) is 6.07 Å². The van der Waals surface area contributed by atoms with Crippen LogP contribution in [0.1, 0.15) is 18.4 Å². The first-order chi connectivity index (χ1) is 8.31. The van der Waals surface area contributed by atoms with E-state index in [0.717, 1.165) is 37.0 Å². The number of aromatic amines is 1. The van der Waals surface area contributed by atoms with E-state index in [9.17, 15) is 5.11 Å². The van der Waals surface area contributed by atoms with Gasteiger partial charge < -0.3 is 15.4 Å². The monoisotopic (exact) mass is 231 g/mol. The third kappa shape index (κ3) is 2.18. The summed E-state index contributed by atoms with van der Waals surface area (Å²) in [7, 11) is 0. The maximum absolute atomic E-state index is 9.21. The van der Waals surface area contributed by atoms with Crippen LogP contribution in [0.5, 0.6) is 0 Å². The van der Waals surface area contributed by atoms with Crippen molar-refractivity contribution in [3.8, 4) is 0 Å². The molecule has 1 heterocycles. The average Bonchev–Trinajstić information content (AvgIpc) is 2.98. The van der Waals surface area contributed by atoms with Gasteiger partial charge in [0.2, 0.25) is 0 Å². The normalized spacial score (nSPS) is 17.5. The lowest BCUT2D eigenvalue weighted by atomic mass is 10.1. The zero-order chi connectivity index (χ0) is 11.7. The zero-order valence-corrected chi connectivity index (χ0v) is 9.74. The van der Waals surface area contributed by atoms with E-state index in [4.69, 9.17) is 0 Å². The molecule has 1 aromatic heterocycles. The second-order valence-electron chi connectivity index (χ2n) is 5.02. The van der Waals surface area contributed by atoms with E-state index in [0.29, 0.717) is 6.61 Å². The zero-order valence-electron chi connectivity index (χ0n) is 9.74. The third-order valence-corrected chi connectivity index (χ3v) is 3.61. The lowest BCUT2D eigenvalue weighted by Gasteiger charge is -2.12. The topological polar surface area (TPSA) is 60.9 Å². The molecule has 1 aliphatic carbocycles. The Bertz CT molecular complexity index is 516. The summed E-state index contributed by atoms with van der Waals surface area (Å²) in [6.07, 6.45) is 4.01. The predicted molar refractivity (Wildman–Crippen MR) is 66.6 cm³/mol. The van der Waals surface area contributed by atoms with E-state index in [1.165, 1.54) is 5.56 Å². The summed E-state index contributed by atoms with van der Waals surface area (Å²) in [5, 5.41) is 12.6. The number of imidazole rings is 1. The Morgan fingerprint density at radius 2 is 2.29 bits per heavy atom. The second-order valence-corrected chi connectivity index (χ2v) is 5.02. The molecular formula is C13H17N3O. The van der Waals surface area contributed by atoms with E-state index in [-0.39, 0.29) is 5.41 Å². The minimum absolute atomic E-state index is 0.179. The standard InChI is InChI=1S/C13H17N3O/c17-8-13(3-4-13)7-14-6-10-1-2-11-12(5-10)16-9-15-11/h1-2,5,9,14,17H,3-4,6-8H2,(H,15,16). The van der Waals surface area contributed by atoms with Gasteiger partial charge in [0.05, 0.1) is 17.4 Å². The Morgan fingerprint density at radius 1 is 1.41 bits per heavy atom. The molecule has 0 bridgehead atoms. The van der Waals surface area contributed by atoms with Crippen LogP contribution in [0.2, 0.25) is 0 Å². The molecular weight excluding hydrogens is 214 g/mol. The molecule has 90 valence electrons. The second kappa shape index (κ2) is 4.13. The number of nitrogens with one attached hydrogen (secondary N) is 2. The first kappa shape index (κ1) is 10.7. The van der Waals surface area contributed by atoms with Crippen molar-refractivity contribution in [3.63, 3.8) is 0 Å². The molecule has 0 spiro atoms. The highest BCUT2D eigenvalue weighted by Crippen LogP contribution is 2.44. The summed E-state index contributed by atoms with van der Waals surface area (Å²) in [5.41, 5.74) is 3.50. The molecule has 0 atom stereocenters. The molecule has 0 aliphatic heterocycles. The fraction of sp³-hybridized carbons (Fsp3) is 0.462. The molecule has 1 aliphatic rings. The number of fused-ring (bicyclic) bond motifs is 1. The molecule has 1 fully saturated rings. The van der Waals surface area contributed by atoms with Gasteiger partial charge >= 0.3 is 0 Å². The van der Waals surface area contributed by atoms with Crippen molar-refractivity contribution in [1.29, 1.82) is 0 Å². The fourth-order valence-electron chi connectivity index (χ4n) is 2.13. The highest BCUT2D eigenvalue weighted by atomic mass is 16.3. The number of rotatable bonds is 5. The van der Waals surface area contributed by atoms with Crippen LogP contribution in [0.4, 0.5) is 0 Å². The Labute approximate surface area is 100 Å². The summed E-state index contributed by atoms with van der Waals surface area (Å²) in [5.74, 6) is 0. The Hall–Kier alpha value is -1.39. The first-order valence-electron chi connectivity index (χ1n) is 6.05. The van der Waals surface area contributed by atoms with Gasteiger partial charge in [0.1, 0.15) is 0 Å². The van der Waals surface area contributed by atoms with E-state index < -0.39 is 0 Å². The Balaban J connectivity index is 1.60. The van der Waals surface area contributed by atoms with Crippen molar-refractivity contribution in [1.82, 2.24) is 15.3 Å². The molecule has 0 unspecified atom stereocenters. The van der Waals surface area contributed by atoms with Crippen LogP contribution < -0.4 is 5.32 Å². The molecule has 0 amide bonds. The van der Waals surface area contributed by atoms with E-state index in [1.807, 2.05) is 6.07 Å². The maximum Gasteiger partial charge on any atom is 0.0931 e. The van der Waals surface area contributed by atoms with Crippen LogP contribution in [0.25, 0.3) is 11.0 Å². The van der Waals surface area contributed by atoms with Gasteiger partial charge in [-0.3, -0.25) is 0 Å². The molecule has 0 radical (unpaired) electrons. The minimum atomic E-state index is 0.179. The summed E-state index contributed by atoms with van der Waals surface area (Å²) >= 11 is 0. The largest absolute Gasteiger partial charge is 0.396 e. The summed E-state index contributed by atoms with van der Waals surface area (Å²) < 4.78 is 0. The highest BCUT2D eigenvalue weighted by molar-refractivity contribution is 5.74. The van der Waals surface area contributed by atoms with Crippen molar-refractivity contribution in [3.05, 3.63) is 30.1 Å². The lowest BCUT2D eigenvalue weighted by Crippen LogP contribution is -2.26. The molecule has 1 saturated carbocycles. The molecule has 4 heteroatoms. The Kier molecular flexibility index (Phi) is 2.61. The maximum atomic E-state index is 9.21. The van der Waals surface area contributed by atoms with Crippen molar-refractivity contribution in [2.75, 3.05) is 13.2 Å². The molecule has 17 heavy (non-hydrogen) atoms. The molecule has 4 nitrogen and oxygen atoms in total. The summed E-state index contributed by atoms with van der Waals surface area (Å²) in [6, 6.07) is 6.24. The molecule has 2 aromatic rings. The van der Waals surface area contributed by atoms with Crippen LogP contribution >= 0.6 is 0 Å². The van der Waals surface area contributed by atoms with Gasteiger partial charge in [-0.2, -0.15) is 0 Å². The van der Waals surface area contributed by atoms with Crippen LogP contribution in [0, 0.1) is 5.41 Å². The number of hydrogen-bond donors (Lipinski definition) is 3. The number of aromatic nitrogens is 2. The van der Waals surface area contributed by atoms with E-state index in [2.05, 4.69) is 27.4 Å². The van der Waals surface area contributed by atoms with Gasteiger partial charge in [-0.05, 0) is 30.5 Å². The number of benzene rings is 1. The minimum Gasteiger partial charge on any atom is -0.396 e. The number of aliphatic hydroxyl groups is 1. The van der Waals surface area contributed by atoms with E-state index >= 15 is 0 Å². The number of aliphatic hydroxyl groups excluding tert-OH is 1. The van der Waals surface area contributed by atoms with Gasteiger partial charge in [0, 0.05) is 25.1 Å². The fourth-order valence-corrected chi connectivity index (χ4v) is 2.13. The van der Waals surface area contributed by atoms with Gasteiger partial charge in [0.15, 0.2) is 0 Å². The number of nitrogens with zero attached hydrogens (tertiary/aromatic N) is 1. The van der Waals surface area contributed by atoms with E-state index in [1.54, 1.807) is 6.33 Å². The average molecular weight is 231 g/mol. The van der Waals surface area contributed by atoms with Crippen LogP contribution in [0.15, 0.2) is 24.5 Å². The van der Waals surface area contributed by atoms with Gasteiger partial charge in [-0.15, -0.1) is 0 Å². The van der Waals surface area contributed by atoms with Crippen molar-refractivity contribution < 1.29 is 5.11 Å². The number of H-pyrrole nitrogens is 1. The molecule has 3 N–H and O–H groups in total. The first-order valence-corrected chi connectivity index (χ1v) is 6.05. The van der Waals surface area contributed by atoms with Gasteiger partial charge in [-0.25, -0.2) is 4.98 Å². The summed E-state index contributed by atoms with van der Waals surface area (Å²) in [4.78, 5) is 7.30. The molecule has 1 aromatic carbocycles. The molecule has 3 rings (SSSR count). The van der Waals surface area contributed by atoms with Crippen molar-refractivity contribution in [2.24, 2.45) is 5.41 Å². The van der Waals surface area contributed by atoms with Crippen LogP contribution in [-0.2, 0) is 6.54 Å². The lowest BCUT2D eigenvalue weighted by molar-refractivity contribution is 0.207. The third-order valence-electron chi connectivity index (χ3n) is 3.61. The summed E-state index contributed by atoms with van der Waals surface area (Å²) in [6.45, 7) is 2.06. The predicted octanol–water partition coefficient (Wildman–Crippen LogP) is 1.42. The SMILES string of the molecule is OCC1(CNCc2ccc3nc[nH]c3c2)CC1. The quantitative estimate of drug-likeness (QED) is 0.729. The highest BCUT2D eigenvalue weighted by Gasteiger charge is 2.41. The van der Waals surface area contributed by atoms with Crippen LogP contribution in [-0.4, -0.2) is 28.2 Å². The van der Waals surface area contributed by atoms with Crippen LogP contribution in [0.3, 0.4) is 0 Å². The smallest absolute Gasteiger partial charge is 0.0931 e. The Morgan fingerprint density at radius 3 is 3.06 bits per heavy atom. The van der Waals surface area contributed by atoms with Crippen molar-refractivity contribution in [2.45, 2.75) is 19.4 Å². The molecule has 0 saturated heterocycles. The number of hydrogen-bond acceptors (Lipinski definition) is 3. The van der Waals surface area contributed by atoms with Gasteiger partial charge in [0.25, 0.3) is 0 Å². The van der Waals surface area contributed by atoms with Crippen molar-refractivity contribution >= 4 is 11.0 Å².